The van der Waals surface area contributed by atoms with Crippen molar-refractivity contribution in [2.75, 3.05) is 0 Å². The molecule has 0 aromatic heterocycles. The first-order valence-electron chi connectivity index (χ1n) is 5.95. The second-order valence-electron chi connectivity index (χ2n) is 4.72. The molecule has 0 radical (unpaired) electrons. The van der Waals surface area contributed by atoms with Gasteiger partial charge < -0.3 is 0 Å². The van der Waals surface area contributed by atoms with Gasteiger partial charge in [0.05, 0.1) is 0 Å². The van der Waals surface area contributed by atoms with E-state index in [2.05, 4.69) is 46.4 Å². The highest BCUT2D eigenvalue weighted by atomic mass is 14.0. The molecule has 0 bridgehead atoms. The fourth-order valence-electron chi connectivity index (χ4n) is 1.44. The van der Waals surface area contributed by atoms with Crippen LogP contribution in [0.2, 0.25) is 0 Å². The van der Waals surface area contributed by atoms with Crippen molar-refractivity contribution in [2.24, 2.45) is 0 Å². The van der Waals surface area contributed by atoms with Crippen LogP contribution in [0.1, 0.15) is 59.8 Å². The van der Waals surface area contributed by atoms with Crippen molar-refractivity contribution in [3.63, 3.8) is 0 Å². The summed E-state index contributed by atoms with van der Waals surface area (Å²) in [5.74, 6) is 0. The van der Waals surface area contributed by atoms with Gasteiger partial charge in [0.2, 0.25) is 0 Å². The maximum Gasteiger partial charge on any atom is -0.0288 e. The van der Waals surface area contributed by atoms with E-state index in [9.17, 15) is 0 Å². The molecule has 0 atom stereocenters. The molecule has 0 aliphatic rings. The molecular weight excluding hydrogens is 180 g/mol. The minimum atomic E-state index is 1.16. The van der Waals surface area contributed by atoms with Crippen LogP contribution >= 0.6 is 0 Å². The first-order chi connectivity index (χ1) is 7.02. The fraction of sp³-hybridized carbons (Fsp3) is 0.600. The molecule has 0 aliphatic carbocycles. The van der Waals surface area contributed by atoms with E-state index in [1.54, 1.807) is 0 Å². The Morgan fingerprint density at radius 2 is 1.60 bits per heavy atom. The van der Waals surface area contributed by atoms with Crippen molar-refractivity contribution in [3.05, 3.63) is 35.5 Å². The van der Waals surface area contributed by atoms with Gasteiger partial charge in [-0.25, -0.2) is 0 Å². The molecule has 0 aliphatic heterocycles. The third-order valence-corrected chi connectivity index (χ3v) is 2.39. The molecule has 0 saturated carbocycles. The molecule has 0 heterocycles. The first kappa shape index (κ1) is 14.2. The molecule has 0 aromatic rings. The van der Waals surface area contributed by atoms with Crippen molar-refractivity contribution >= 4 is 0 Å². The van der Waals surface area contributed by atoms with Crippen LogP contribution in [0.15, 0.2) is 35.5 Å². The highest BCUT2D eigenvalue weighted by molar-refractivity contribution is 5.02. The van der Waals surface area contributed by atoms with Gasteiger partial charge in [0.25, 0.3) is 0 Å². The summed E-state index contributed by atoms with van der Waals surface area (Å²) in [5.41, 5.74) is 4.24. The predicted octanol–water partition coefficient (Wildman–Crippen LogP) is 5.43. The molecule has 0 nitrogen and oxygen atoms in total. The fourth-order valence-corrected chi connectivity index (χ4v) is 1.44. The van der Waals surface area contributed by atoms with Crippen LogP contribution in [-0.2, 0) is 0 Å². The molecule has 0 aromatic carbocycles. The molecule has 15 heavy (non-hydrogen) atoms. The van der Waals surface area contributed by atoms with Crippen LogP contribution in [0.4, 0.5) is 0 Å². The SMILES string of the molecule is C=C(C)CCCC=C(C)CCC=C(C)C. The normalized spacial score (nSPS) is 11.3. The lowest BCUT2D eigenvalue weighted by Crippen LogP contribution is -1.79. The largest absolute Gasteiger partial charge is 0.100 e. The van der Waals surface area contributed by atoms with E-state index >= 15 is 0 Å². The van der Waals surface area contributed by atoms with E-state index in [1.807, 2.05) is 0 Å². The van der Waals surface area contributed by atoms with E-state index in [-0.39, 0.29) is 0 Å². The van der Waals surface area contributed by atoms with E-state index in [0.29, 0.717) is 0 Å². The van der Waals surface area contributed by atoms with Crippen molar-refractivity contribution in [1.82, 2.24) is 0 Å². The Bertz CT molecular complexity index is 237. The first-order valence-corrected chi connectivity index (χ1v) is 5.95. The molecule has 0 amide bonds. The summed E-state index contributed by atoms with van der Waals surface area (Å²) in [4.78, 5) is 0. The van der Waals surface area contributed by atoms with Gasteiger partial charge in [-0.1, -0.05) is 28.9 Å². The quantitative estimate of drug-likeness (QED) is 0.385. The highest BCUT2D eigenvalue weighted by Crippen LogP contribution is 2.10. The molecule has 0 N–H and O–H groups in total. The second-order valence-corrected chi connectivity index (χ2v) is 4.72. The lowest BCUT2D eigenvalue weighted by Gasteiger charge is -2.00. The number of rotatable bonds is 7. The smallest absolute Gasteiger partial charge is 0.0288 e. The summed E-state index contributed by atoms with van der Waals surface area (Å²) in [6, 6.07) is 0. The number of allylic oxidation sites excluding steroid dienone is 5. The summed E-state index contributed by atoms with van der Waals surface area (Å²) in [7, 11) is 0. The van der Waals surface area contributed by atoms with E-state index in [4.69, 9.17) is 0 Å². The number of hydrogen-bond donors (Lipinski definition) is 0. The van der Waals surface area contributed by atoms with Gasteiger partial charge in [0.1, 0.15) is 0 Å². The number of unbranched alkanes of at least 4 members (excludes halogenated alkanes) is 1. The van der Waals surface area contributed by atoms with Gasteiger partial charge in [-0.05, 0) is 59.8 Å². The van der Waals surface area contributed by atoms with E-state index < -0.39 is 0 Å². The van der Waals surface area contributed by atoms with Crippen LogP contribution < -0.4 is 0 Å². The Labute approximate surface area is 95.8 Å². The van der Waals surface area contributed by atoms with Gasteiger partial charge in [-0.2, -0.15) is 0 Å². The molecule has 0 rings (SSSR count). The zero-order valence-electron chi connectivity index (χ0n) is 10.9. The Morgan fingerprint density at radius 1 is 0.933 bits per heavy atom. The maximum atomic E-state index is 3.91. The van der Waals surface area contributed by atoms with Crippen LogP contribution in [0.25, 0.3) is 0 Å². The van der Waals surface area contributed by atoms with Crippen molar-refractivity contribution in [3.8, 4) is 0 Å². The van der Waals surface area contributed by atoms with Gasteiger partial charge in [0.15, 0.2) is 0 Å². The summed E-state index contributed by atoms with van der Waals surface area (Å²) < 4.78 is 0. The summed E-state index contributed by atoms with van der Waals surface area (Å²) in [5, 5.41) is 0. The van der Waals surface area contributed by atoms with Crippen molar-refractivity contribution < 1.29 is 0 Å². The number of hydrogen-bond acceptors (Lipinski definition) is 0. The minimum absolute atomic E-state index is 1.16. The lowest BCUT2D eigenvalue weighted by molar-refractivity contribution is 0.822. The van der Waals surface area contributed by atoms with E-state index in [1.165, 1.54) is 42.4 Å². The maximum absolute atomic E-state index is 3.91. The van der Waals surface area contributed by atoms with Crippen molar-refractivity contribution in [2.45, 2.75) is 59.8 Å². The van der Waals surface area contributed by atoms with Gasteiger partial charge >= 0.3 is 0 Å². The third-order valence-electron chi connectivity index (χ3n) is 2.39. The van der Waals surface area contributed by atoms with Crippen LogP contribution in [0.5, 0.6) is 0 Å². The monoisotopic (exact) mass is 206 g/mol. The molecular formula is C15H26. The van der Waals surface area contributed by atoms with Gasteiger partial charge in [0, 0.05) is 0 Å². The topological polar surface area (TPSA) is 0 Å². The molecule has 0 spiro atoms. The summed E-state index contributed by atoms with van der Waals surface area (Å²) in [6.07, 6.45) is 10.7. The zero-order chi connectivity index (χ0) is 11.7. The standard InChI is InChI=1S/C15H26/c1-13(2)9-6-7-11-15(5)12-8-10-14(3)4/h10-11H,1,6-9,12H2,2-5H3. The molecule has 0 fully saturated rings. The molecule has 0 unspecified atom stereocenters. The van der Waals surface area contributed by atoms with Crippen LogP contribution in [0.3, 0.4) is 0 Å². The highest BCUT2D eigenvalue weighted by Gasteiger charge is 1.90. The minimum Gasteiger partial charge on any atom is -0.100 e. The van der Waals surface area contributed by atoms with Gasteiger partial charge in [-0.3, -0.25) is 0 Å². The predicted molar refractivity (Wildman–Crippen MR) is 71.1 cm³/mol. The summed E-state index contributed by atoms with van der Waals surface area (Å²) >= 11 is 0. The lowest BCUT2D eigenvalue weighted by atomic mass is 10.1. The second kappa shape index (κ2) is 8.52. The average Bonchev–Trinajstić information content (AvgIpc) is 2.11. The van der Waals surface area contributed by atoms with Gasteiger partial charge in [-0.15, -0.1) is 6.58 Å². The van der Waals surface area contributed by atoms with E-state index in [0.717, 1.165) is 6.42 Å². The Balaban J connectivity index is 3.61. The van der Waals surface area contributed by atoms with Crippen molar-refractivity contribution in [1.29, 1.82) is 0 Å². The molecule has 0 saturated heterocycles. The molecule has 86 valence electrons. The Kier molecular flexibility index (Phi) is 8.08. The molecule has 0 heteroatoms. The Hall–Kier alpha value is -0.780. The Morgan fingerprint density at radius 3 is 2.13 bits per heavy atom. The average molecular weight is 206 g/mol. The zero-order valence-corrected chi connectivity index (χ0v) is 10.9. The summed E-state index contributed by atoms with van der Waals surface area (Å²) in [6.45, 7) is 12.6. The van der Waals surface area contributed by atoms with Crippen LogP contribution in [-0.4, -0.2) is 0 Å². The third kappa shape index (κ3) is 11.1. The van der Waals surface area contributed by atoms with Crippen LogP contribution in [0, 0.1) is 0 Å².